The van der Waals surface area contributed by atoms with E-state index in [-0.39, 0.29) is 5.54 Å². The molecule has 2 heteroatoms. The van der Waals surface area contributed by atoms with Crippen molar-refractivity contribution in [2.24, 2.45) is 0 Å². The Kier molecular flexibility index (Phi) is 2.03. The minimum atomic E-state index is 0.136. The summed E-state index contributed by atoms with van der Waals surface area (Å²) in [7, 11) is 0. The molecule has 0 bridgehead atoms. The van der Waals surface area contributed by atoms with Crippen molar-refractivity contribution in [2.45, 2.75) is 39.7 Å². The molecule has 0 unspecified atom stereocenters. The molecule has 0 fully saturated rings. The number of nitrogens with zero attached hydrogens (tertiary/aromatic N) is 1. The highest BCUT2D eigenvalue weighted by Crippen LogP contribution is 2.05. The molecule has 0 aliphatic heterocycles. The molecule has 0 N–H and O–H groups in total. The quantitative estimate of drug-likeness (QED) is 0.564. The molecule has 0 atom stereocenters. The van der Waals surface area contributed by atoms with Gasteiger partial charge >= 0.3 is 6.39 Å². The normalized spacial score (nSPS) is 12.0. The fourth-order valence-electron chi connectivity index (χ4n) is 0.867. The lowest BCUT2D eigenvalue weighted by Crippen LogP contribution is -2.48. The summed E-state index contributed by atoms with van der Waals surface area (Å²) >= 11 is 0. The van der Waals surface area contributed by atoms with Crippen LogP contribution in [0, 0.1) is 0 Å². The first-order chi connectivity index (χ1) is 5.04. The fourth-order valence-corrected chi connectivity index (χ4v) is 0.867. The van der Waals surface area contributed by atoms with E-state index in [0.717, 1.165) is 12.2 Å². The summed E-state index contributed by atoms with van der Waals surface area (Å²) in [5.41, 5.74) is 0.136. The van der Waals surface area contributed by atoms with Crippen molar-refractivity contribution in [3.05, 3.63) is 18.4 Å². The van der Waals surface area contributed by atoms with Crippen LogP contribution in [0.1, 0.15) is 33.5 Å². The van der Waals surface area contributed by atoms with E-state index in [4.69, 9.17) is 4.42 Å². The van der Waals surface area contributed by atoms with E-state index in [1.54, 1.807) is 6.39 Å². The predicted molar refractivity (Wildman–Crippen MR) is 43.3 cm³/mol. The Morgan fingerprint density at radius 2 is 2.09 bits per heavy atom. The van der Waals surface area contributed by atoms with Crippen LogP contribution in [-0.2, 0) is 12.0 Å². The molecule has 0 radical (unpaired) electrons. The van der Waals surface area contributed by atoms with E-state index >= 15 is 0 Å². The van der Waals surface area contributed by atoms with Gasteiger partial charge in [0.25, 0.3) is 0 Å². The Hall–Kier alpha value is -0.790. The fraction of sp³-hybridized carbons (Fsp3) is 0.667. The van der Waals surface area contributed by atoms with Gasteiger partial charge in [0.2, 0.25) is 6.20 Å². The van der Waals surface area contributed by atoms with Crippen molar-refractivity contribution in [1.82, 2.24) is 0 Å². The van der Waals surface area contributed by atoms with Crippen molar-refractivity contribution in [2.75, 3.05) is 0 Å². The Labute approximate surface area is 67.8 Å². The minimum Gasteiger partial charge on any atom is -0.409 e. The SMILES string of the molecule is CCc1c[n+](C(C)(C)C)co1. The van der Waals surface area contributed by atoms with Crippen molar-refractivity contribution in [1.29, 1.82) is 0 Å². The van der Waals surface area contributed by atoms with E-state index < -0.39 is 0 Å². The van der Waals surface area contributed by atoms with Crippen molar-refractivity contribution in [3.63, 3.8) is 0 Å². The molecule has 62 valence electrons. The Balaban J connectivity index is 2.89. The zero-order chi connectivity index (χ0) is 8.48. The van der Waals surface area contributed by atoms with Gasteiger partial charge in [-0.1, -0.05) is 6.92 Å². The van der Waals surface area contributed by atoms with Crippen LogP contribution in [0.5, 0.6) is 0 Å². The summed E-state index contributed by atoms with van der Waals surface area (Å²) in [6, 6.07) is 0. The molecule has 1 aromatic rings. The lowest BCUT2D eigenvalue weighted by molar-refractivity contribution is -0.756. The average molecular weight is 154 g/mol. The predicted octanol–water partition coefficient (Wildman–Crippen LogP) is 1.88. The molecular formula is C9H16NO+. The average Bonchev–Trinajstić information content (AvgIpc) is 2.32. The third-order valence-corrected chi connectivity index (χ3v) is 1.72. The molecule has 0 amide bonds. The number of rotatable bonds is 1. The van der Waals surface area contributed by atoms with E-state index in [1.807, 2.05) is 0 Å². The van der Waals surface area contributed by atoms with Crippen LogP contribution < -0.4 is 4.57 Å². The molecule has 0 aliphatic rings. The minimum absolute atomic E-state index is 0.136. The second-order valence-corrected chi connectivity index (χ2v) is 3.75. The van der Waals surface area contributed by atoms with E-state index in [0.29, 0.717) is 0 Å². The number of hydrogen-bond donors (Lipinski definition) is 0. The zero-order valence-electron chi connectivity index (χ0n) is 7.72. The highest BCUT2D eigenvalue weighted by Gasteiger charge is 2.23. The third kappa shape index (κ3) is 1.82. The van der Waals surface area contributed by atoms with E-state index in [9.17, 15) is 0 Å². The van der Waals surface area contributed by atoms with Gasteiger partial charge in [-0.25, -0.2) is 0 Å². The molecule has 0 aromatic carbocycles. The monoisotopic (exact) mass is 154 g/mol. The van der Waals surface area contributed by atoms with Crippen LogP contribution in [0.25, 0.3) is 0 Å². The van der Waals surface area contributed by atoms with Crippen molar-refractivity contribution in [3.8, 4) is 0 Å². The first-order valence-corrected chi connectivity index (χ1v) is 4.03. The first kappa shape index (κ1) is 8.31. The largest absolute Gasteiger partial charge is 0.409 e. The topological polar surface area (TPSA) is 17.0 Å². The van der Waals surface area contributed by atoms with Crippen LogP contribution in [-0.4, -0.2) is 0 Å². The van der Waals surface area contributed by atoms with Gasteiger partial charge in [0.1, 0.15) is 0 Å². The van der Waals surface area contributed by atoms with Crippen LogP contribution in [0.2, 0.25) is 0 Å². The summed E-state index contributed by atoms with van der Waals surface area (Å²) in [6.45, 7) is 8.55. The molecule has 1 heterocycles. The maximum atomic E-state index is 5.30. The molecule has 2 nitrogen and oxygen atoms in total. The summed E-state index contributed by atoms with van der Waals surface area (Å²) < 4.78 is 7.39. The molecule has 0 saturated heterocycles. The number of aromatic nitrogens is 1. The van der Waals surface area contributed by atoms with Gasteiger partial charge in [-0.3, -0.25) is 0 Å². The Bertz CT molecular complexity index is 232. The summed E-state index contributed by atoms with van der Waals surface area (Å²) in [5, 5.41) is 0. The van der Waals surface area contributed by atoms with Crippen molar-refractivity contribution >= 4 is 0 Å². The van der Waals surface area contributed by atoms with Crippen LogP contribution in [0.15, 0.2) is 17.0 Å². The molecule has 0 spiro atoms. The summed E-state index contributed by atoms with van der Waals surface area (Å²) in [4.78, 5) is 0. The first-order valence-electron chi connectivity index (χ1n) is 4.03. The highest BCUT2D eigenvalue weighted by molar-refractivity contribution is 4.82. The van der Waals surface area contributed by atoms with Crippen molar-refractivity contribution < 1.29 is 8.98 Å². The smallest absolute Gasteiger partial charge is 0.335 e. The second-order valence-electron chi connectivity index (χ2n) is 3.75. The van der Waals surface area contributed by atoms with Gasteiger partial charge in [-0.05, 0) is 0 Å². The molecule has 0 saturated carbocycles. The molecule has 0 aliphatic carbocycles. The van der Waals surface area contributed by atoms with Gasteiger partial charge in [0, 0.05) is 27.2 Å². The van der Waals surface area contributed by atoms with Crippen LogP contribution in [0.4, 0.5) is 0 Å². The zero-order valence-corrected chi connectivity index (χ0v) is 7.72. The lowest BCUT2D eigenvalue weighted by atomic mass is 10.1. The van der Waals surface area contributed by atoms with Crippen LogP contribution >= 0.6 is 0 Å². The highest BCUT2D eigenvalue weighted by atomic mass is 16.3. The summed E-state index contributed by atoms with van der Waals surface area (Å²) in [5.74, 6) is 1.04. The Morgan fingerprint density at radius 3 is 2.36 bits per heavy atom. The molecule has 11 heavy (non-hydrogen) atoms. The van der Waals surface area contributed by atoms with E-state index in [1.165, 1.54) is 0 Å². The Morgan fingerprint density at radius 1 is 1.45 bits per heavy atom. The van der Waals surface area contributed by atoms with Crippen LogP contribution in [0.3, 0.4) is 0 Å². The number of hydrogen-bond acceptors (Lipinski definition) is 1. The number of aryl methyl sites for hydroxylation is 1. The maximum absolute atomic E-state index is 5.30. The lowest BCUT2D eigenvalue weighted by Gasteiger charge is -2.07. The summed E-state index contributed by atoms with van der Waals surface area (Å²) in [6.07, 6.45) is 4.79. The third-order valence-electron chi connectivity index (χ3n) is 1.72. The standard InChI is InChI=1S/C9H16NO/c1-5-8-6-10(7-11-8)9(2,3)4/h6-7H,5H2,1-4H3/q+1. The maximum Gasteiger partial charge on any atom is 0.335 e. The van der Waals surface area contributed by atoms with E-state index in [2.05, 4.69) is 38.5 Å². The molecule has 1 rings (SSSR count). The van der Waals surface area contributed by atoms with Gasteiger partial charge in [0.05, 0.1) is 0 Å². The second kappa shape index (κ2) is 2.68. The molecular weight excluding hydrogens is 138 g/mol. The number of oxazole rings is 1. The van der Waals surface area contributed by atoms with Gasteiger partial charge in [-0.2, -0.15) is 4.57 Å². The van der Waals surface area contributed by atoms with Gasteiger partial charge in [-0.15, -0.1) is 0 Å². The van der Waals surface area contributed by atoms with Gasteiger partial charge in [0.15, 0.2) is 11.3 Å². The van der Waals surface area contributed by atoms with Gasteiger partial charge < -0.3 is 4.42 Å². The molecule has 1 aromatic heterocycles.